The molecule has 1 N–H and O–H groups in total. The first kappa shape index (κ1) is 19.3. The summed E-state index contributed by atoms with van der Waals surface area (Å²) in [6, 6.07) is 17.2. The van der Waals surface area contributed by atoms with Crippen molar-refractivity contribution in [1.29, 1.82) is 0 Å². The number of benzene rings is 2. The number of carbonyl (C=O) groups excluding carboxylic acids is 1. The summed E-state index contributed by atoms with van der Waals surface area (Å²) >= 11 is 7.49. The number of hydrogen-bond acceptors (Lipinski definition) is 4. The summed E-state index contributed by atoms with van der Waals surface area (Å²) in [5.74, 6) is 1.30. The van der Waals surface area contributed by atoms with E-state index >= 15 is 0 Å². The molecule has 140 valence electrons. The van der Waals surface area contributed by atoms with Crippen molar-refractivity contribution >= 4 is 28.8 Å². The number of rotatable bonds is 7. The van der Waals surface area contributed by atoms with E-state index in [1.54, 1.807) is 14.2 Å². The zero-order valence-corrected chi connectivity index (χ0v) is 16.7. The number of hydrogen-bond donors (Lipinski definition) is 1. The fourth-order valence-corrected chi connectivity index (χ4v) is 3.81. The van der Waals surface area contributed by atoms with Crippen molar-refractivity contribution in [3.05, 3.63) is 70.1 Å². The zero-order chi connectivity index (χ0) is 19.2. The van der Waals surface area contributed by atoms with Gasteiger partial charge in [-0.2, -0.15) is 0 Å². The van der Waals surface area contributed by atoms with Gasteiger partial charge in [0.05, 0.1) is 19.1 Å². The average Bonchev–Trinajstić information content (AvgIpc) is 3.18. The molecule has 1 aromatic heterocycles. The molecule has 0 spiro atoms. The highest BCUT2D eigenvalue weighted by atomic mass is 35.5. The average molecular weight is 402 g/mol. The van der Waals surface area contributed by atoms with Crippen LogP contribution in [-0.4, -0.2) is 26.7 Å². The third-order valence-electron chi connectivity index (χ3n) is 4.09. The first-order valence-electron chi connectivity index (χ1n) is 8.45. The number of nitrogens with one attached hydrogen (secondary N) is 1. The quantitative estimate of drug-likeness (QED) is 0.602. The van der Waals surface area contributed by atoms with Crippen LogP contribution in [0.3, 0.4) is 0 Å². The summed E-state index contributed by atoms with van der Waals surface area (Å²) in [7, 11) is 3.22. The molecule has 0 aliphatic rings. The molecule has 0 aliphatic heterocycles. The number of halogens is 1. The Morgan fingerprint density at radius 1 is 1.04 bits per heavy atom. The fraction of sp³-hybridized carbons (Fsp3) is 0.190. The highest BCUT2D eigenvalue weighted by Gasteiger charge is 2.11. The fourth-order valence-electron chi connectivity index (χ4n) is 2.70. The SMILES string of the molecule is COc1ccc(CCNC(=O)c2ccc(-c3cccc(Cl)c3)s2)cc1OC. The van der Waals surface area contributed by atoms with Crippen molar-refractivity contribution in [2.24, 2.45) is 0 Å². The van der Waals surface area contributed by atoms with Gasteiger partial charge in [-0.15, -0.1) is 11.3 Å². The van der Waals surface area contributed by atoms with Gasteiger partial charge in [0.25, 0.3) is 5.91 Å². The summed E-state index contributed by atoms with van der Waals surface area (Å²) in [6.45, 7) is 0.540. The Balaban J connectivity index is 1.59. The molecule has 0 atom stereocenters. The highest BCUT2D eigenvalue weighted by Crippen LogP contribution is 2.30. The summed E-state index contributed by atoms with van der Waals surface area (Å²) in [5.41, 5.74) is 2.08. The Kier molecular flexibility index (Phi) is 6.37. The van der Waals surface area contributed by atoms with Crippen LogP contribution in [-0.2, 0) is 6.42 Å². The Morgan fingerprint density at radius 2 is 1.85 bits per heavy atom. The van der Waals surface area contributed by atoms with Gasteiger partial charge in [0, 0.05) is 16.4 Å². The second-order valence-electron chi connectivity index (χ2n) is 5.87. The lowest BCUT2D eigenvalue weighted by Gasteiger charge is -2.10. The first-order valence-corrected chi connectivity index (χ1v) is 9.65. The Hall–Kier alpha value is -2.50. The summed E-state index contributed by atoms with van der Waals surface area (Å²) in [5, 5.41) is 3.65. The van der Waals surface area contributed by atoms with Crippen LogP contribution in [0.15, 0.2) is 54.6 Å². The number of carbonyl (C=O) groups is 1. The van der Waals surface area contributed by atoms with Crippen molar-refractivity contribution in [3.8, 4) is 21.9 Å². The molecule has 0 fully saturated rings. The minimum absolute atomic E-state index is 0.0752. The zero-order valence-electron chi connectivity index (χ0n) is 15.1. The number of methoxy groups -OCH3 is 2. The molecular weight excluding hydrogens is 382 g/mol. The van der Waals surface area contributed by atoms with Gasteiger partial charge in [0.15, 0.2) is 11.5 Å². The predicted molar refractivity (Wildman–Crippen MR) is 110 cm³/mol. The minimum Gasteiger partial charge on any atom is -0.493 e. The van der Waals surface area contributed by atoms with Gasteiger partial charge in [0.2, 0.25) is 0 Å². The van der Waals surface area contributed by atoms with Crippen molar-refractivity contribution in [2.45, 2.75) is 6.42 Å². The van der Waals surface area contributed by atoms with E-state index in [-0.39, 0.29) is 5.91 Å². The number of amides is 1. The standard InChI is InChI=1S/C21H20ClNO3S/c1-25-17-7-6-14(12-18(17)26-2)10-11-23-21(24)20-9-8-19(27-20)15-4-3-5-16(22)13-15/h3-9,12-13H,10-11H2,1-2H3,(H,23,24). The van der Waals surface area contributed by atoms with Gasteiger partial charge in [-0.25, -0.2) is 0 Å². The molecule has 0 aliphatic carbocycles. The Labute approximate surface area is 167 Å². The molecular formula is C21H20ClNO3S. The maximum atomic E-state index is 12.4. The van der Waals surface area contributed by atoms with Gasteiger partial charge >= 0.3 is 0 Å². The predicted octanol–water partition coefficient (Wildman–Crippen LogP) is 5.06. The van der Waals surface area contributed by atoms with Crippen LogP contribution in [0.2, 0.25) is 5.02 Å². The van der Waals surface area contributed by atoms with Crippen molar-refractivity contribution in [3.63, 3.8) is 0 Å². The molecule has 0 radical (unpaired) electrons. The lowest BCUT2D eigenvalue weighted by atomic mass is 10.1. The van der Waals surface area contributed by atoms with Gasteiger partial charge in [-0.3, -0.25) is 4.79 Å². The summed E-state index contributed by atoms with van der Waals surface area (Å²) in [6.07, 6.45) is 0.707. The molecule has 1 heterocycles. The smallest absolute Gasteiger partial charge is 0.261 e. The van der Waals surface area contributed by atoms with Crippen LogP contribution >= 0.6 is 22.9 Å². The molecule has 27 heavy (non-hydrogen) atoms. The molecule has 6 heteroatoms. The third kappa shape index (κ3) is 4.81. The number of ether oxygens (including phenoxy) is 2. The van der Waals surface area contributed by atoms with E-state index in [2.05, 4.69) is 5.32 Å². The Bertz CT molecular complexity index is 939. The monoisotopic (exact) mass is 401 g/mol. The maximum Gasteiger partial charge on any atom is 0.261 e. The molecule has 0 saturated carbocycles. The highest BCUT2D eigenvalue weighted by molar-refractivity contribution is 7.17. The molecule has 0 bridgehead atoms. The van der Waals surface area contributed by atoms with E-state index in [0.29, 0.717) is 34.4 Å². The molecule has 3 rings (SSSR count). The molecule has 2 aromatic carbocycles. The van der Waals surface area contributed by atoms with Gasteiger partial charge in [0.1, 0.15) is 0 Å². The van der Waals surface area contributed by atoms with E-state index < -0.39 is 0 Å². The van der Waals surface area contributed by atoms with Crippen molar-refractivity contribution in [1.82, 2.24) is 5.32 Å². The maximum absolute atomic E-state index is 12.4. The van der Waals surface area contributed by atoms with Crippen LogP contribution in [0, 0.1) is 0 Å². The van der Waals surface area contributed by atoms with E-state index in [9.17, 15) is 4.79 Å². The van der Waals surface area contributed by atoms with Crippen LogP contribution in [0.4, 0.5) is 0 Å². The summed E-state index contributed by atoms with van der Waals surface area (Å²) < 4.78 is 10.5. The molecule has 0 saturated heterocycles. The van der Waals surface area contributed by atoms with E-state index in [1.807, 2.05) is 54.6 Å². The first-order chi connectivity index (χ1) is 13.1. The second-order valence-corrected chi connectivity index (χ2v) is 7.39. The van der Waals surface area contributed by atoms with Gasteiger partial charge in [-0.1, -0.05) is 29.8 Å². The second kappa shape index (κ2) is 8.93. The van der Waals surface area contributed by atoms with Gasteiger partial charge in [-0.05, 0) is 53.9 Å². The molecule has 1 amide bonds. The lowest BCUT2D eigenvalue weighted by Crippen LogP contribution is -2.24. The lowest BCUT2D eigenvalue weighted by molar-refractivity contribution is 0.0958. The van der Waals surface area contributed by atoms with Crippen LogP contribution in [0.5, 0.6) is 11.5 Å². The molecule has 3 aromatic rings. The van der Waals surface area contributed by atoms with Crippen LogP contribution in [0.25, 0.3) is 10.4 Å². The van der Waals surface area contributed by atoms with Crippen molar-refractivity contribution in [2.75, 3.05) is 20.8 Å². The van der Waals surface area contributed by atoms with E-state index in [4.69, 9.17) is 21.1 Å². The Morgan fingerprint density at radius 3 is 2.59 bits per heavy atom. The normalized spacial score (nSPS) is 10.5. The van der Waals surface area contributed by atoms with Gasteiger partial charge < -0.3 is 14.8 Å². The molecule has 4 nitrogen and oxygen atoms in total. The van der Waals surface area contributed by atoms with Crippen molar-refractivity contribution < 1.29 is 14.3 Å². The minimum atomic E-state index is -0.0752. The summed E-state index contributed by atoms with van der Waals surface area (Å²) in [4.78, 5) is 14.1. The topological polar surface area (TPSA) is 47.6 Å². The van der Waals surface area contributed by atoms with Crippen LogP contribution in [0.1, 0.15) is 15.2 Å². The van der Waals surface area contributed by atoms with E-state index in [0.717, 1.165) is 16.0 Å². The van der Waals surface area contributed by atoms with E-state index in [1.165, 1.54) is 11.3 Å². The van der Waals surface area contributed by atoms with Crippen LogP contribution < -0.4 is 14.8 Å². The third-order valence-corrected chi connectivity index (χ3v) is 5.45. The largest absolute Gasteiger partial charge is 0.493 e. The number of thiophene rings is 1. The molecule has 0 unspecified atom stereocenters.